The molecule has 5 heteroatoms. The molecule has 1 aromatic carbocycles. The van der Waals surface area contributed by atoms with Crippen molar-refractivity contribution in [3.8, 4) is 0 Å². The van der Waals surface area contributed by atoms with E-state index >= 15 is 0 Å². The fraction of sp³-hybridized carbons (Fsp3) is 0.579. The molecule has 24 heavy (non-hydrogen) atoms. The first-order valence-corrected chi connectivity index (χ1v) is 8.85. The third-order valence-electron chi connectivity index (χ3n) is 5.31. The Morgan fingerprint density at radius 1 is 1.21 bits per heavy atom. The number of nitrogens with one attached hydrogen (secondary N) is 2. The Morgan fingerprint density at radius 3 is 2.62 bits per heavy atom. The molecule has 0 bridgehead atoms. The molecule has 1 aliphatic carbocycles. The van der Waals surface area contributed by atoms with Crippen molar-refractivity contribution in [3.63, 3.8) is 0 Å². The zero-order valence-electron chi connectivity index (χ0n) is 14.8. The van der Waals surface area contributed by atoms with E-state index in [1.807, 2.05) is 19.1 Å². The van der Waals surface area contributed by atoms with Gasteiger partial charge in [0, 0.05) is 31.4 Å². The minimum absolute atomic E-state index is 0.0214. The number of aryl methyl sites for hydroxylation is 1. The summed E-state index contributed by atoms with van der Waals surface area (Å²) in [5.74, 6) is 0.665. The lowest BCUT2D eigenvalue weighted by Gasteiger charge is -2.24. The largest absolute Gasteiger partial charge is 0.345 e. The Labute approximate surface area is 143 Å². The predicted molar refractivity (Wildman–Crippen MR) is 95.1 cm³/mol. The number of hydrogen-bond donors (Lipinski definition) is 2. The summed E-state index contributed by atoms with van der Waals surface area (Å²) in [6, 6.07) is 5.88. The molecule has 1 heterocycles. The molecule has 0 spiro atoms. The average molecular weight is 329 g/mol. The molecule has 5 nitrogen and oxygen atoms in total. The fourth-order valence-electron chi connectivity index (χ4n) is 3.97. The van der Waals surface area contributed by atoms with Gasteiger partial charge in [0.15, 0.2) is 0 Å². The summed E-state index contributed by atoms with van der Waals surface area (Å²) in [5, 5.41) is 6.50. The highest BCUT2D eigenvalue weighted by Crippen LogP contribution is 2.33. The number of rotatable bonds is 3. The Balaban J connectivity index is 1.64. The number of anilines is 1. The normalized spacial score (nSPS) is 25.9. The van der Waals surface area contributed by atoms with Gasteiger partial charge in [-0.1, -0.05) is 12.8 Å². The van der Waals surface area contributed by atoms with Crippen LogP contribution in [0.5, 0.6) is 0 Å². The third kappa shape index (κ3) is 3.46. The summed E-state index contributed by atoms with van der Waals surface area (Å²) >= 11 is 0. The van der Waals surface area contributed by atoms with Crippen LogP contribution in [0.3, 0.4) is 0 Å². The first kappa shape index (κ1) is 17.0. The molecule has 0 aromatic heterocycles. The predicted octanol–water partition coefficient (Wildman–Crippen LogP) is 2.56. The highest BCUT2D eigenvalue weighted by Gasteiger charge is 2.38. The van der Waals surface area contributed by atoms with Crippen LogP contribution in [0.25, 0.3) is 0 Å². The molecule has 0 unspecified atom stereocenters. The van der Waals surface area contributed by atoms with E-state index in [4.69, 9.17) is 0 Å². The van der Waals surface area contributed by atoms with Gasteiger partial charge < -0.3 is 15.5 Å². The number of hydrogen-bond acceptors (Lipinski definition) is 3. The number of amides is 2. The summed E-state index contributed by atoms with van der Waals surface area (Å²) in [7, 11) is 3.48. The maximum atomic E-state index is 12.5. The van der Waals surface area contributed by atoms with Crippen molar-refractivity contribution in [2.24, 2.45) is 5.92 Å². The summed E-state index contributed by atoms with van der Waals surface area (Å²) in [6.07, 6.45) is 5.92. The quantitative estimate of drug-likeness (QED) is 0.896. The summed E-state index contributed by atoms with van der Waals surface area (Å²) in [6.45, 7) is 1.90. The number of carbonyl (C=O) groups excluding carboxylic acids is 2. The van der Waals surface area contributed by atoms with Crippen LogP contribution < -0.4 is 10.6 Å². The van der Waals surface area contributed by atoms with Crippen molar-refractivity contribution in [2.75, 3.05) is 19.4 Å². The van der Waals surface area contributed by atoms with Gasteiger partial charge in [-0.25, -0.2) is 0 Å². The first-order valence-electron chi connectivity index (χ1n) is 8.85. The van der Waals surface area contributed by atoms with Gasteiger partial charge >= 0.3 is 0 Å². The second kappa shape index (κ2) is 6.93. The molecule has 3 atom stereocenters. The Kier molecular flexibility index (Phi) is 4.90. The van der Waals surface area contributed by atoms with Crippen LogP contribution in [-0.2, 0) is 4.79 Å². The van der Waals surface area contributed by atoms with Gasteiger partial charge in [0.25, 0.3) is 5.91 Å². The fourth-order valence-corrected chi connectivity index (χ4v) is 3.97. The zero-order chi connectivity index (χ0) is 17.3. The van der Waals surface area contributed by atoms with E-state index < -0.39 is 0 Å². The van der Waals surface area contributed by atoms with Crippen molar-refractivity contribution in [2.45, 2.75) is 51.1 Å². The lowest BCUT2D eigenvalue weighted by Crippen LogP contribution is -2.39. The number of benzene rings is 1. The molecule has 1 saturated carbocycles. The van der Waals surface area contributed by atoms with E-state index in [0.29, 0.717) is 17.5 Å². The minimum Gasteiger partial charge on any atom is -0.345 e. The van der Waals surface area contributed by atoms with Crippen LogP contribution in [0, 0.1) is 12.8 Å². The zero-order valence-corrected chi connectivity index (χ0v) is 14.8. The SMILES string of the molecule is Cc1cc(NC(=O)[C@@H]2C[C@@H]3CCCC[C@H]3N2)ccc1C(=O)N(C)C. The molecule has 2 fully saturated rings. The van der Waals surface area contributed by atoms with Crippen molar-refractivity contribution in [1.29, 1.82) is 0 Å². The van der Waals surface area contributed by atoms with Crippen molar-refractivity contribution >= 4 is 17.5 Å². The molecule has 2 aliphatic rings. The highest BCUT2D eigenvalue weighted by atomic mass is 16.2. The van der Waals surface area contributed by atoms with Gasteiger partial charge in [-0.05, 0) is 55.9 Å². The van der Waals surface area contributed by atoms with E-state index in [-0.39, 0.29) is 17.9 Å². The van der Waals surface area contributed by atoms with E-state index in [0.717, 1.165) is 17.7 Å². The number of fused-ring (bicyclic) bond motifs is 1. The molecule has 0 radical (unpaired) electrons. The number of nitrogens with zero attached hydrogens (tertiary/aromatic N) is 1. The van der Waals surface area contributed by atoms with Crippen molar-refractivity contribution in [3.05, 3.63) is 29.3 Å². The Hall–Kier alpha value is -1.88. The van der Waals surface area contributed by atoms with E-state index in [2.05, 4.69) is 10.6 Å². The standard InChI is InChI=1S/C19H27N3O2/c1-12-10-14(8-9-15(12)19(24)22(2)3)20-18(23)17-11-13-6-4-5-7-16(13)21-17/h8-10,13,16-17,21H,4-7,11H2,1-3H3,(H,20,23)/t13-,16+,17-/m0/s1. The molecule has 1 aliphatic heterocycles. The monoisotopic (exact) mass is 329 g/mol. The van der Waals surface area contributed by atoms with Gasteiger partial charge in [-0.2, -0.15) is 0 Å². The van der Waals surface area contributed by atoms with Gasteiger partial charge in [0.2, 0.25) is 5.91 Å². The van der Waals surface area contributed by atoms with Crippen LogP contribution in [0.15, 0.2) is 18.2 Å². The van der Waals surface area contributed by atoms with Crippen LogP contribution >= 0.6 is 0 Å². The van der Waals surface area contributed by atoms with Crippen LogP contribution in [0.2, 0.25) is 0 Å². The van der Waals surface area contributed by atoms with Gasteiger partial charge in [0.05, 0.1) is 6.04 Å². The van der Waals surface area contributed by atoms with Crippen molar-refractivity contribution < 1.29 is 9.59 Å². The molecule has 2 amide bonds. The topological polar surface area (TPSA) is 61.4 Å². The van der Waals surface area contributed by atoms with Crippen LogP contribution in [0.4, 0.5) is 5.69 Å². The smallest absolute Gasteiger partial charge is 0.253 e. The maximum absolute atomic E-state index is 12.5. The highest BCUT2D eigenvalue weighted by molar-refractivity contribution is 5.98. The van der Waals surface area contributed by atoms with E-state index in [1.165, 1.54) is 25.7 Å². The lowest BCUT2D eigenvalue weighted by atomic mass is 9.85. The minimum atomic E-state index is -0.0958. The van der Waals surface area contributed by atoms with Crippen LogP contribution in [0.1, 0.15) is 48.0 Å². The Morgan fingerprint density at radius 2 is 1.96 bits per heavy atom. The van der Waals surface area contributed by atoms with Crippen molar-refractivity contribution in [1.82, 2.24) is 10.2 Å². The van der Waals surface area contributed by atoms with Gasteiger partial charge in [-0.3, -0.25) is 9.59 Å². The summed E-state index contributed by atoms with van der Waals surface area (Å²) in [5.41, 5.74) is 2.30. The molecule has 2 N–H and O–H groups in total. The Bertz CT molecular complexity index is 627. The van der Waals surface area contributed by atoms with Crippen LogP contribution in [-0.4, -0.2) is 42.9 Å². The second-order valence-corrected chi connectivity index (χ2v) is 7.32. The van der Waals surface area contributed by atoms with Gasteiger partial charge in [-0.15, -0.1) is 0 Å². The summed E-state index contributed by atoms with van der Waals surface area (Å²) < 4.78 is 0. The first-order chi connectivity index (χ1) is 11.5. The van der Waals surface area contributed by atoms with Gasteiger partial charge in [0.1, 0.15) is 0 Å². The van der Waals surface area contributed by atoms with E-state index in [1.54, 1.807) is 25.1 Å². The molecule has 1 saturated heterocycles. The molecule has 3 rings (SSSR count). The summed E-state index contributed by atoms with van der Waals surface area (Å²) in [4.78, 5) is 26.2. The maximum Gasteiger partial charge on any atom is 0.253 e. The molecular weight excluding hydrogens is 302 g/mol. The molecular formula is C19H27N3O2. The molecule has 130 valence electrons. The lowest BCUT2D eigenvalue weighted by molar-refractivity contribution is -0.117. The van der Waals surface area contributed by atoms with E-state index in [9.17, 15) is 9.59 Å². The average Bonchev–Trinajstić information content (AvgIpc) is 2.98. The second-order valence-electron chi connectivity index (χ2n) is 7.32. The number of carbonyl (C=O) groups is 2. The molecule has 1 aromatic rings. The third-order valence-corrected chi connectivity index (χ3v) is 5.31.